The lowest BCUT2D eigenvalue weighted by Crippen LogP contribution is -2.33. The lowest BCUT2D eigenvalue weighted by molar-refractivity contribution is -0.127. The van der Waals surface area contributed by atoms with Crippen molar-refractivity contribution in [1.82, 2.24) is 5.43 Å². The predicted molar refractivity (Wildman–Crippen MR) is 101 cm³/mol. The van der Waals surface area contributed by atoms with Crippen molar-refractivity contribution in [2.24, 2.45) is 5.10 Å². The molecule has 126 valence electrons. The van der Waals surface area contributed by atoms with Crippen LogP contribution in [0.2, 0.25) is 5.02 Å². The van der Waals surface area contributed by atoms with E-state index in [1.165, 1.54) is 6.21 Å². The van der Waals surface area contributed by atoms with Crippen LogP contribution < -0.4 is 10.2 Å². The Morgan fingerprint density at radius 2 is 1.80 bits per heavy atom. The number of halogens is 1. The Labute approximate surface area is 151 Å². The Morgan fingerprint density at radius 1 is 1.08 bits per heavy atom. The fourth-order valence-electron chi connectivity index (χ4n) is 2.38. The minimum absolute atomic E-state index is 0.337. The molecular formula is C20H17ClN2O2. The second kappa shape index (κ2) is 7.81. The van der Waals surface area contributed by atoms with Crippen LogP contribution in [0.3, 0.4) is 0 Å². The molecule has 0 spiro atoms. The van der Waals surface area contributed by atoms with E-state index in [1.807, 2.05) is 60.7 Å². The lowest BCUT2D eigenvalue weighted by atomic mass is 10.1. The average molecular weight is 353 g/mol. The van der Waals surface area contributed by atoms with Crippen LogP contribution in [-0.2, 0) is 4.79 Å². The Balaban J connectivity index is 1.65. The van der Waals surface area contributed by atoms with E-state index < -0.39 is 6.10 Å². The largest absolute Gasteiger partial charge is 0.480 e. The third-order valence-corrected chi connectivity index (χ3v) is 4.05. The highest BCUT2D eigenvalue weighted by Crippen LogP contribution is 2.26. The summed E-state index contributed by atoms with van der Waals surface area (Å²) < 4.78 is 5.80. The number of nitrogens with one attached hydrogen (secondary N) is 1. The zero-order valence-electron chi connectivity index (χ0n) is 13.6. The first kappa shape index (κ1) is 17.0. The monoisotopic (exact) mass is 352 g/mol. The summed E-state index contributed by atoms with van der Waals surface area (Å²) in [6, 6.07) is 20.9. The molecule has 0 radical (unpaired) electrons. The number of ether oxygens (including phenoxy) is 1. The number of rotatable bonds is 5. The molecule has 3 rings (SSSR count). The van der Waals surface area contributed by atoms with E-state index in [9.17, 15) is 4.79 Å². The van der Waals surface area contributed by atoms with E-state index in [4.69, 9.17) is 16.3 Å². The van der Waals surface area contributed by atoms with E-state index in [0.717, 1.165) is 16.3 Å². The normalized spacial score (nSPS) is 12.2. The van der Waals surface area contributed by atoms with Crippen molar-refractivity contribution in [2.45, 2.75) is 13.0 Å². The highest BCUT2D eigenvalue weighted by molar-refractivity contribution is 6.33. The number of amides is 1. The van der Waals surface area contributed by atoms with E-state index in [2.05, 4.69) is 10.5 Å². The smallest absolute Gasteiger partial charge is 0.280 e. The van der Waals surface area contributed by atoms with Crippen molar-refractivity contribution >= 4 is 34.5 Å². The van der Waals surface area contributed by atoms with Crippen LogP contribution in [0.25, 0.3) is 10.8 Å². The van der Waals surface area contributed by atoms with E-state index >= 15 is 0 Å². The second-order valence-electron chi connectivity index (χ2n) is 5.49. The molecule has 0 aromatic heterocycles. The van der Waals surface area contributed by atoms with Gasteiger partial charge in [-0.15, -0.1) is 0 Å². The summed E-state index contributed by atoms with van der Waals surface area (Å²) in [4.78, 5) is 12.2. The van der Waals surface area contributed by atoms with Gasteiger partial charge in [-0.2, -0.15) is 5.10 Å². The second-order valence-corrected chi connectivity index (χ2v) is 5.90. The summed E-state index contributed by atoms with van der Waals surface area (Å²) in [6.07, 6.45) is 0.819. The van der Waals surface area contributed by atoms with Crippen LogP contribution in [0.15, 0.2) is 71.8 Å². The molecule has 0 saturated carbocycles. The summed E-state index contributed by atoms with van der Waals surface area (Å²) >= 11 is 6.04. The number of carbonyl (C=O) groups excluding carboxylic acids is 1. The molecule has 1 unspecified atom stereocenters. The maximum absolute atomic E-state index is 12.2. The first-order valence-electron chi connectivity index (χ1n) is 7.87. The third-order valence-electron chi connectivity index (χ3n) is 3.71. The van der Waals surface area contributed by atoms with Gasteiger partial charge in [-0.05, 0) is 24.4 Å². The molecule has 0 saturated heterocycles. The van der Waals surface area contributed by atoms with Crippen molar-refractivity contribution in [1.29, 1.82) is 0 Å². The van der Waals surface area contributed by atoms with Gasteiger partial charge >= 0.3 is 0 Å². The van der Waals surface area contributed by atoms with E-state index in [0.29, 0.717) is 10.8 Å². The van der Waals surface area contributed by atoms with E-state index in [-0.39, 0.29) is 5.91 Å². The predicted octanol–water partition coefficient (Wildman–Crippen LogP) is 4.41. The zero-order chi connectivity index (χ0) is 17.6. The summed E-state index contributed by atoms with van der Waals surface area (Å²) in [7, 11) is 0. The molecular weight excluding hydrogens is 336 g/mol. The lowest BCUT2D eigenvalue weighted by Gasteiger charge is -2.14. The number of hydrogen-bond donors (Lipinski definition) is 1. The fraction of sp³-hybridized carbons (Fsp3) is 0.100. The quantitative estimate of drug-likeness (QED) is 0.546. The SMILES string of the molecule is CC(Oc1cccc2ccccc12)C(=O)N/N=C/c1ccccc1Cl. The van der Waals surface area contributed by atoms with Crippen molar-refractivity contribution in [3.05, 3.63) is 77.3 Å². The number of nitrogens with zero attached hydrogens (tertiary/aromatic N) is 1. The number of carbonyl (C=O) groups is 1. The van der Waals surface area contributed by atoms with Gasteiger partial charge in [0.15, 0.2) is 6.10 Å². The molecule has 0 bridgehead atoms. The Bertz CT molecular complexity index is 919. The molecule has 4 nitrogen and oxygen atoms in total. The Kier molecular flexibility index (Phi) is 5.31. The van der Waals surface area contributed by atoms with Crippen LogP contribution in [0.5, 0.6) is 5.75 Å². The van der Waals surface area contributed by atoms with Crippen molar-refractivity contribution in [3.63, 3.8) is 0 Å². The van der Waals surface area contributed by atoms with Gasteiger partial charge in [0.25, 0.3) is 5.91 Å². The molecule has 0 fully saturated rings. The van der Waals surface area contributed by atoms with Crippen molar-refractivity contribution in [3.8, 4) is 5.75 Å². The van der Waals surface area contributed by atoms with Crippen molar-refractivity contribution in [2.75, 3.05) is 0 Å². The standard InChI is InChI=1S/C20H17ClN2O2/c1-14(20(24)23-22-13-16-8-3-5-11-18(16)21)25-19-12-6-9-15-7-2-4-10-17(15)19/h2-14H,1H3,(H,23,24)/b22-13+. The van der Waals surface area contributed by atoms with E-state index in [1.54, 1.807) is 13.0 Å². The third kappa shape index (κ3) is 4.17. The first-order chi connectivity index (χ1) is 12.1. The molecule has 1 N–H and O–H groups in total. The molecule has 0 aliphatic carbocycles. The van der Waals surface area contributed by atoms with Gasteiger partial charge in [0.05, 0.1) is 6.21 Å². The van der Waals surface area contributed by atoms with Crippen LogP contribution in [0.4, 0.5) is 0 Å². The summed E-state index contributed by atoms with van der Waals surface area (Å²) in [5.41, 5.74) is 3.20. The molecule has 0 aliphatic heterocycles. The highest BCUT2D eigenvalue weighted by atomic mass is 35.5. The molecule has 3 aromatic carbocycles. The average Bonchev–Trinajstić information content (AvgIpc) is 2.63. The topological polar surface area (TPSA) is 50.7 Å². The molecule has 1 amide bonds. The number of hydrazone groups is 1. The molecule has 0 heterocycles. The van der Waals surface area contributed by atoms with Gasteiger partial charge in [0.2, 0.25) is 0 Å². The van der Waals surface area contributed by atoms with Crippen molar-refractivity contribution < 1.29 is 9.53 Å². The number of hydrogen-bond acceptors (Lipinski definition) is 3. The van der Waals surface area contributed by atoms with Crippen LogP contribution in [-0.4, -0.2) is 18.2 Å². The van der Waals surface area contributed by atoms with Crippen LogP contribution in [0.1, 0.15) is 12.5 Å². The van der Waals surface area contributed by atoms with Gasteiger partial charge in [0.1, 0.15) is 5.75 Å². The molecule has 25 heavy (non-hydrogen) atoms. The molecule has 1 atom stereocenters. The molecule has 0 aliphatic rings. The maximum atomic E-state index is 12.2. The zero-order valence-corrected chi connectivity index (χ0v) is 14.4. The Hall–Kier alpha value is -2.85. The maximum Gasteiger partial charge on any atom is 0.280 e. The molecule has 5 heteroatoms. The van der Waals surface area contributed by atoms with Gasteiger partial charge in [-0.1, -0.05) is 66.2 Å². The van der Waals surface area contributed by atoms with Gasteiger partial charge in [0, 0.05) is 16.0 Å². The summed E-state index contributed by atoms with van der Waals surface area (Å²) in [5.74, 6) is 0.326. The first-order valence-corrected chi connectivity index (χ1v) is 8.25. The minimum atomic E-state index is -0.686. The summed E-state index contributed by atoms with van der Waals surface area (Å²) in [5, 5.41) is 6.53. The highest BCUT2D eigenvalue weighted by Gasteiger charge is 2.15. The number of fused-ring (bicyclic) bond motifs is 1. The van der Waals surface area contributed by atoms with Gasteiger partial charge in [-0.3, -0.25) is 4.79 Å². The fourth-order valence-corrected chi connectivity index (χ4v) is 2.56. The van der Waals surface area contributed by atoms with Crippen LogP contribution >= 0.6 is 11.6 Å². The minimum Gasteiger partial charge on any atom is -0.480 e. The Morgan fingerprint density at radius 3 is 2.64 bits per heavy atom. The van der Waals surface area contributed by atoms with Gasteiger partial charge < -0.3 is 4.74 Å². The van der Waals surface area contributed by atoms with Crippen LogP contribution in [0, 0.1) is 0 Å². The van der Waals surface area contributed by atoms with Gasteiger partial charge in [-0.25, -0.2) is 5.43 Å². The number of benzene rings is 3. The summed E-state index contributed by atoms with van der Waals surface area (Å²) in [6.45, 7) is 1.68. The molecule has 3 aromatic rings.